The fourth-order valence-electron chi connectivity index (χ4n) is 15.4. The maximum atomic E-state index is 2.60. The molecule has 4 fully saturated rings. The Labute approximate surface area is 414 Å². The average molecular weight is 902 g/mol. The largest absolute Gasteiger partial charge is 0.310 e. The van der Waals surface area contributed by atoms with E-state index < -0.39 is 5.41 Å². The van der Waals surface area contributed by atoms with Crippen molar-refractivity contribution in [1.82, 2.24) is 0 Å². The van der Waals surface area contributed by atoms with Crippen molar-refractivity contribution in [1.29, 1.82) is 0 Å². The summed E-state index contributed by atoms with van der Waals surface area (Å²) < 4.78 is 0. The van der Waals surface area contributed by atoms with Crippen molar-refractivity contribution in [2.45, 2.75) is 75.5 Å². The van der Waals surface area contributed by atoms with E-state index in [1.165, 1.54) is 128 Å². The van der Waals surface area contributed by atoms with Crippen LogP contribution in [-0.2, 0) is 16.2 Å². The van der Waals surface area contributed by atoms with Crippen molar-refractivity contribution < 1.29 is 0 Å². The van der Waals surface area contributed by atoms with Gasteiger partial charge in [-0.15, -0.1) is 0 Å². The van der Waals surface area contributed by atoms with Crippen molar-refractivity contribution in [2.75, 3.05) is 4.90 Å². The molecule has 0 amide bonds. The van der Waals surface area contributed by atoms with Crippen molar-refractivity contribution in [3.05, 3.63) is 257 Å². The number of nitrogens with zero attached hydrogens (tertiary/aromatic N) is 1. The average Bonchev–Trinajstić information content (AvgIpc) is 3.82. The summed E-state index contributed by atoms with van der Waals surface area (Å²) in [5.41, 5.74) is 24.2. The van der Waals surface area contributed by atoms with E-state index in [1.54, 1.807) is 5.56 Å². The van der Waals surface area contributed by atoms with E-state index in [-0.39, 0.29) is 5.41 Å². The number of rotatable bonds is 8. The van der Waals surface area contributed by atoms with Crippen LogP contribution in [0, 0.1) is 24.7 Å². The molecule has 15 rings (SSSR count). The number of hydrogen-bond donors (Lipinski definition) is 0. The quantitative estimate of drug-likeness (QED) is 0.147. The van der Waals surface area contributed by atoms with E-state index in [4.69, 9.17) is 0 Å². The van der Waals surface area contributed by atoms with Crippen molar-refractivity contribution in [2.24, 2.45) is 17.8 Å². The second kappa shape index (κ2) is 15.6. The van der Waals surface area contributed by atoms with Gasteiger partial charge in [-0.2, -0.15) is 0 Å². The van der Waals surface area contributed by atoms with E-state index in [2.05, 4.69) is 238 Å². The molecule has 0 spiro atoms. The summed E-state index contributed by atoms with van der Waals surface area (Å²) in [6, 6.07) is 81.1. The number of benzene rings is 9. The maximum Gasteiger partial charge on any atom is 0.0714 e. The molecule has 0 aliphatic heterocycles. The highest BCUT2D eigenvalue weighted by atomic mass is 15.1. The van der Waals surface area contributed by atoms with Gasteiger partial charge in [-0.1, -0.05) is 190 Å². The second-order valence-electron chi connectivity index (χ2n) is 22.3. The first-order valence-electron chi connectivity index (χ1n) is 26.0. The van der Waals surface area contributed by atoms with E-state index in [0.29, 0.717) is 5.41 Å². The molecule has 0 heterocycles. The van der Waals surface area contributed by atoms with Crippen LogP contribution < -0.4 is 4.90 Å². The molecule has 9 aromatic rings. The fourth-order valence-corrected chi connectivity index (χ4v) is 15.4. The van der Waals surface area contributed by atoms with Crippen molar-refractivity contribution in [3.63, 3.8) is 0 Å². The summed E-state index contributed by atoms with van der Waals surface area (Å²) in [6.45, 7) is 7.14. The topological polar surface area (TPSA) is 3.24 Å². The van der Waals surface area contributed by atoms with Gasteiger partial charge in [-0.05, 0) is 188 Å². The number of anilines is 3. The van der Waals surface area contributed by atoms with Crippen LogP contribution in [0.25, 0.3) is 44.5 Å². The molecule has 4 saturated carbocycles. The Morgan fingerprint density at radius 1 is 0.371 bits per heavy atom. The lowest BCUT2D eigenvalue weighted by Crippen LogP contribution is -2.48. The Bertz CT molecular complexity index is 3410. The third kappa shape index (κ3) is 6.16. The van der Waals surface area contributed by atoms with Gasteiger partial charge in [-0.3, -0.25) is 0 Å². The summed E-state index contributed by atoms with van der Waals surface area (Å²) in [5.74, 6) is 2.79. The molecule has 0 aromatic heterocycles. The predicted molar refractivity (Wildman–Crippen MR) is 291 cm³/mol. The minimum absolute atomic E-state index is 0.160. The Morgan fingerprint density at radius 2 is 0.857 bits per heavy atom. The number of aryl methyl sites for hydroxylation is 1. The smallest absolute Gasteiger partial charge is 0.0714 e. The van der Waals surface area contributed by atoms with Crippen LogP contribution in [-0.4, -0.2) is 0 Å². The van der Waals surface area contributed by atoms with Crippen LogP contribution in [0.5, 0.6) is 0 Å². The van der Waals surface area contributed by atoms with Crippen LogP contribution in [0.3, 0.4) is 0 Å². The molecule has 9 aromatic carbocycles. The summed E-state index contributed by atoms with van der Waals surface area (Å²) in [5, 5.41) is 0. The molecular formula is C69H59N. The molecule has 6 aliphatic carbocycles. The van der Waals surface area contributed by atoms with Crippen LogP contribution >= 0.6 is 0 Å². The second-order valence-corrected chi connectivity index (χ2v) is 22.3. The zero-order valence-corrected chi connectivity index (χ0v) is 40.6. The van der Waals surface area contributed by atoms with Crippen LogP contribution in [0.15, 0.2) is 212 Å². The lowest BCUT2D eigenvalue weighted by atomic mass is 9.48. The zero-order valence-electron chi connectivity index (χ0n) is 40.6. The first-order valence-corrected chi connectivity index (χ1v) is 26.0. The lowest BCUT2D eigenvalue weighted by Gasteiger charge is -2.57. The summed E-state index contributed by atoms with van der Waals surface area (Å²) in [7, 11) is 0. The molecule has 340 valence electrons. The van der Waals surface area contributed by atoms with Crippen LogP contribution in [0.1, 0.15) is 96.9 Å². The molecule has 6 aliphatic rings. The molecular weight excluding hydrogens is 843 g/mol. The third-order valence-corrected chi connectivity index (χ3v) is 18.0. The van der Waals surface area contributed by atoms with E-state index in [9.17, 15) is 0 Å². The number of hydrogen-bond acceptors (Lipinski definition) is 1. The molecule has 0 radical (unpaired) electrons. The molecule has 0 atom stereocenters. The molecule has 1 heteroatoms. The van der Waals surface area contributed by atoms with E-state index >= 15 is 0 Å². The van der Waals surface area contributed by atoms with Crippen LogP contribution in [0.2, 0.25) is 0 Å². The van der Waals surface area contributed by atoms with Gasteiger partial charge in [0.1, 0.15) is 0 Å². The van der Waals surface area contributed by atoms with Crippen molar-refractivity contribution >= 4 is 17.1 Å². The Kier molecular flexibility index (Phi) is 9.33. The van der Waals surface area contributed by atoms with Gasteiger partial charge < -0.3 is 4.90 Å². The Hall–Kier alpha value is -7.22. The highest BCUT2D eigenvalue weighted by Gasteiger charge is 2.52. The van der Waals surface area contributed by atoms with Gasteiger partial charge >= 0.3 is 0 Å². The molecule has 1 nitrogen and oxygen atoms in total. The third-order valence-electron chi connectivity index (χ3n) is 18.0. The Morgan fingerprint density at radius 3 is 1.46 bits per heavy atom. The van der Waals surface area contributed by atoms with Crippen molar-refractivity contribution in [3.8, 4) is 44.5 Å². The van der Waals surface area contributed by atoms with Gasteiger partial charge in [0.15, 0.2) is 0 Å². The molecule has 0 N–H and O–H groups in total. The van der Waals surface area contributed by atoms with Gasteiger partial charge in [-0.25, -0.2) is 0 Å². The van der Waals surface area contributed by atoms with E-state index in [0.717, 1.165) is 29.1 Å². The monoisotopic (exact) mass is 901 g/mol. The fraction of sp³-hybridized carbons (Fsp3) is 0.217. The van der Waals surface area contributed by atoms with Gasteiger partial charge in [0.05, 0.1) is 11.1 Å². The minimum Gasteiger partial charge on any atom is -0.310 e. The van der Waals surface area contributed by atoms with Crippen LogP contribution in [0.4, 0.5) is 17.1 Å². The van der Waals surface area contributed by atoms with Gasteiger partial charge in [0.25, 0.3) is 0 Å². The molecule has 0 saturated heterocycles. The molecule has 4 bridgehead atoms. The summed E-state index contributed by atoms with van der Waals surface area (Å²) in [6.07, 6.45) is 8.58. The SMILES string of the molecule is Cc1cc(-c2ccc(C34CC5CC(CC(C5)C3)C4)cc2)cc(-c2ccccc2)c1N(c1ccc2c(c1)C(C)(C)c1ccccc1-2)c1ccc2c(c1)C(c1ccccc1)(c1ccccc1)c1ccccc1-2. The minimum atomic E-state index is -0.527. The Balaban J connectivity index is 0.990. The lowest BCUT2D eigenvalue weighted by molar-refractivity contribution is -0.00518. The number of fused-ring (bicyclic) bond motifs is 6. The summed E-state index contributed by atoms with van der Waals surface area (Å²) in [4.78, 5) is 2.60. The summed E-state index contributed by atoms with van der Waals surface area (Å²) >= 11 is 0. The standard InChI is InChI=1S/C69H59N/c1-45-35-51(49-27-29-52(30-28-49)68-42-46-36-47(43-68)38-48(37-46)44-68)39-61(50-17-7-4-8-18-50)66(45)70(55-31-33-59-57-23-13-15-25-62(57)67(2,3)64(59)40-55)56-32-34-60-58-24-14-16-26-63(58)69(65(60)41-56,53-19-9-5-10-20-53)54-21-11-6-12-22-54/h4-35,39-41,46-48H,36-38,42-44H2,1-3H3. The van der Waals surface area contributed by atoms with E-state index in [1.807, 2.05) is 0 Å². The molecule has 70 heavy (non-hydrogen) atoms. The first kappa shape index (κ1) is 41.7. The highest BCUT2D eigenvalue weighted by Crippen LogP contribution is 2.62. The first-order chi connectivity index (χ1) is 34.3. The highest BCUT2D eigenvalue weighted by molar-refractivity contribution is 5.96. The van der Waals surface area contributed by atoms with Gasteiger partial charge in [0.2, 0.25) is 0 Å². The normalized spacial score (nSPS) is 21.4. The predicted octanol–water partition coefficient (Wildman–Crippen LogP) is 17.9. The molecule has 0 unspecified atom stereocenters. The maximum absolute atomic E-state index is 2.60. The van der Waals surface area contributed by atoms with Gasteiger partial charge in [0, 0.05) is 22.4 Å². The zero-order chi connectivity index (χ0) is 46.8.